The SMILES string of the molecule is C=CCn1c(SCc2ccccc2C)nnc1-c1ccc(OC)c(OC)c1. The lowest BCUT2D eigenvalue weighted by Gasteiger charge is -2.11. The molecule has 0 fully saturated rings. The molecule has 3 aromatic rings. The Morgan fingerprint density at radius 2 is 1.85 bits per heavy atom. The summed E-state index contributed by atoms with van der Waals surface area (Å²) in [5.41, 5.74) is 3.49. The smallest absolute Gasteiger partial charge is 0.192 e. The van der Waals surface area contributed by atoms with Crippen LogP contribution in [-0.4, -0.2) is 29.0 Å². The van der Waals surface area contributed by atoms with Crippen molar-refractivity contribution in [3.63, 3.8) is 0 Å². The van der Waals surface area contributed by atoms with Crippen LogP contribution in [0.3, 0.4) is 0 Å². The molecule has 2 aromatic carbocycles. The Hall–Kier alpha value is -2.73. The third kappa shape index (κ3) is 4.17. The van der Waals surface area contributed by atoms with E-state index in [0.29, 0.717) is 18.0 Å². The minimum atomic E-state index is 0.632. The molecule has 1 heterocycles. The van der Waals surface area contributed by atoms with Crippen LogP contribution in [-0.2, 0) is 12.3 Å². The van der Waals surface area contributed by atoms with Crippen molar-refractivity contribution in [2.75, 3.05) is 14.2 Å². The van der Waals surface area contributed by atoms with Gasteiger partial charge in [0.15, 0.2) is 22.5 Å². The second kappa shape index (κ2) is 8.77. The van der Waals surface area contributed by atoms with E-state index in [0.717, 1.165) is 22.3 Å². The average molecular weight is 382 g/mol. The van der Waals surface area contributed by atoms with E-state index < -0.39 is 0 Å². The highest BCUT2D eigenvalue weighted by Gasteiger charge is 2.16. The van der Waals surface area contributed by atoms with Crippen molar-refractivity contribution in [2.45, 2.75) is 24.4 Å². The zero-order chi connectivity index (χ0) is 19.2. The van der Waals surface area contributed by atoms with Crippen LogP contribution in [0.4, 0.5) is 0 Å². The summed E-state index contributed by atoms with van der Waals surface area (Å²) in [5, 5.41) is 9.69. The molecule has 0 aliphatic rings. The Kier molecular flexibility index (Phi) is 6.19. The summed E-state index contributed by atoms with van der Waals surface area (Å²) in [4.78, 5) is 0. The van der Waals surface area contributed by atoms with Crippen molar-refractivity contribution in [1.29, 1.82) is 0 Å². The van der Waals surface area contributed by atoms with Crippen LogP contribution in [0.5, 0.6) is 11.5 Å². The molecule has 0 aliphatic carbocycles. The highest BCUT2D eigenvalue weighted by molar-refractivity contribution is 7.98. The molecule has 6 heteroatoms. The fraction of sp³-hybridized carbons (Fsp3) is 0.238. The van der Waals surface area contributed by atoms with Gasteiger partial charge in [-0.3, -0.25) is 4.57 Å². The van der Waals surface area contributed by atoms with Crippen LogP contribution < -0.4 is 9.47 Å². The molecular weight excluding hydrogens is 358 g/mol. The lowest BCUT2D eigenvalue weighted by atomic mass is 10.1. The molecule has 0 bridgehead atoms. The van der Waals surface area contributed by atoms with Crippen LogP contribution in [0.1, 0.15) is 11.1 Å². The number of rotatable bonds is 8. The predicted octanol–water partition coefficient (Wildman–Crippen LogP) is 4.75. The molecule has 0 saturated heterocycles. The normalized spacial score (nSPS) is 10.6. The largest absolute Gasteiger partial charge is 0.493 e. The molecule has 0 atom stereocenters. The monoisotopic (exact) mass is 381 g/mol. The summed E-state index contributed by atoms with van der Waals surface area (Å²) in [7, 11) is 3.25. The van der Waals surface area contributed by atoms with Gasteiger partial charge in [0.2, 0.25) is 0 Å². The number of ether oxygens (including phenoxy) is 2. The van der Waals surface area contributed by atoms with Gasteiger partial charge < -0.3 is 9.47 Å². The minimum Gasteiger partial charge on any atom is -0.493 e. The van der Waals surface area contributed by atoms with Crippen molar-refractivity contribution < 1.29 is 9.47 Å². The molecule has 5 nitrogen and oxygen atoms in total. The molecule has 0 aliphatic heterocycles. The quantitative estimate of drug-likeness (QED) is 0.416. The van der Waals surface area contributed by atoms with Crippen molar-refractivity contribution in [3.8, 4) is 22.9 Å². The van der Waals surface area contributed by atoms with E-state index >= 15 is 0 Å². The number of methoxy groups -OCH3 is 2. The Labute approximate surface area is 164 Å². The molecule has 0 saturated carbocycles. The van der Waals surface area contributed by atoms with Crippen LogP contribution >= 0.6 is 11.8 Å². The number of hydrogen-bond acceptors (Lipinski definition) is 5. The third-order valence-corrected chi connectivity index (χ3v) is 5.30. The van der Waals surface area contributed by atoms with E-state index in [9.17, 15) is 0 Å². The first-order valence-electron chi connectivity index (χ1n) is 8.61. The second-order valence-electron chi connectivity index (χ2n) is 5.99. The fourth-order valence-corrected chi connectivity index (χ4v) is 3.82. The van der Waals surface area contributed by atoms with Gasteiger partial charge in [0.05, 0.1) is 14.2 Å². The van der Waals surface area contributed by atoms with Gasteiger partial charge in [-0.15, -0.1) is 16.8 Å². The van der Waals surface area contributed by atoms with Gasteiger partial charge in [-0.05, 0) is 36.2 Å². The number of nitrogens with zero attached hydrogens (tertiary/aromatic N) is 3. The van der Waals surface area contributed by atoms with Gasteiger partial charge in [0, 0.05) is 17.9 Å². The van der Waals surface area contributed by atoms with E-state index in [1.54, 1.807) is 26.0 Å². The Balaban J connectivity index is 1.91. The lowest BCUT2D eigenvalue weighted by molar-refractivity contribution is 0.355. The average Bonchev–Trinajstić information content (AvgIpc) is 3.09. The molecule has 1 aromatic heterocycles. The number of thioether (sulfide) groups is 1. The Morgan fingerprint density at radius 3 is 2.56 bits per heavy atom. The zero-order valence-electron chi connectivity index (χ0n) is 15.8. The van der Waals surface area contributed by atoms with Gasteiger partial charge in [-0.1, -0.05) is 42.1 Å². The summed E-state index contributed by atoms with van der Waals surface area (Å²) in [6, 6.07) is 14.1. The maximum Gasteiger partial charge on any atom is 0.192 e. The van der Waals surface area contributed by atoms with Crippen LogP contribution in [0, 0.1) is 6.92 Å². The lowest BCUT2D eigenvalue weighted by Crippen LogP contribution is -2.01. The summed E-state index contributed by atoms with van der Waals surface area (Å²) >= 11 is 1.67. The molecule has 140 valence electrons. The van der Waals surface area contributed by atoms with Crippen molar-refractivity contribution >= 4 is 11.8 Å². The minimum absolute atomic E-state index is 0.632. The highest BCUT2D eigenvalue weighted by atomic mass is 32.2. The zero-order valence-corrected chi connectivity index (χ0v) is 16.6. The number of aryl methyl sites for hydroxylation is 1. The van der Waals surface area contributed by atoms with Gasteiger partial charge in [-0.25, -0.2) is 0 Å². The Bertz CT molecular complexity index is 937. The second-order valence-corrected chi connectivity index (χ2v) is 6.93. The maximum absolute atomic E-state index is 5.42. The molecule has 3 rings (SSSR count). The van der Waals surface area contributed by atoms with E-state index in [2.05, 4.69) is 52.5 Å². The molecule has 0 amide bonds. The van der Waals surface area contributed by atoms with E-state index in [1.807, 2.05) is 24.3 Å². The van der Waals surface area contributed by atoms with Crippen molar-refractivity contribution in [3.05, 3.63) is 66.2 Å². The number of aromatic nitrogens is 3. The van der Waals surface area contributed by atoms with Gasteiger partial charge in [0.25, 0.3) is 0 Å². The van der Waals surface area contributed by atoms with Gasteiger partial charge in [-0.2, -0.15) is 0 Å². The first-order valence-corrected chi connectivity index (χ1v) is 9.60. The van der Waals surface area contributed by atoms with Crippen LogP contribution in [0.2, 0.25) is 0 Å². The number of benzene rings is 2. The first kappa shape index (κ1) is 19.0. The summed E-state index contributed by atoms with van der Waals surface area (Å²) < 4.78 is 12.8. The molecule has 0 N–H and O–H groups in total. The van der Waals surface area contributed by atoms with Crippen molar-refractivity contribution in [1.82, 2.24) is 14.8 Å². The van der Waals surface area contributed by atoms with E-state index in [4.69, 9.17) is 9.47 Å². The molecular formula is C21H23N3O2S. The number of allylic oxidation sites excluding steroid dienone is 1. The molecule has 0 radical (unpaired) electrons. The summed E-state index contributed by atoms with van der Waals surface area (Å²) in [5.74, 6) is 2.97. The van der Waals surface area contributed by atoms with Gasteiger partial charge in [0.1, 0.15) is 0 Å². The van der Waals surface area contributed by atoms with E-state index in [-0.39, 0.29) is 0 Å². The topological polar surface area (TPSA) is 49.2 Å². The van der Waals surface area contributed by atoms with Crippen LogP contribution in [0.25, 0.3) is 11.4 Å². The van der Waals surface area contributed by atoms with Crippen LogP contribution in [0.15, 0.2) is 60.3 Å². The fourth-order valence-electron chi connectivity index (χ4n) is 2.79. The van der Waals surface area contributed by atoms with E-state index in [1.165, 1.54) is 11.1 Å². The third-order valence-electron chi connectivity index (χ3n) is 4.29. The highest BCUT2D eigenvalue weighted by Crippen LogP contribution is 2.33. The van der Waals surface area contributed by atoms with Gasteiger partial charge >= 0.3 is 0 Å². The van der Waals surface area contributed by atoms with Crippen molar-refractivity contribution in [2.24, 2.45) is 0 Å². The standard InChI is InChI=1S/C21H23N3O2S/c1-5-12-24-20(16-10-11-18(25-3)19(13-16)26-4)22-23-21(24)27-14-17-9-7-6-8-15(17)2/h5-11,13H,1,12,14H2,2-4H3. The molecule has 0 unspecified atom stereocenters. The Morgan fingerprint density at radius 1 is 1.07 bits per heavy atom. The summed E-state index contributed by atoms with van der Waals surface area (Å²) in [6.07, 6.45) is 1.85. The molecule has 0 spiro atoms. The molecule has 27 heavy (non-hydrogen) atoms. The number of hydrogen-bond donors (Lipinski definition) is 0. The maximum atomic E-state index is 5.42. The predicted molar refractivity (Wildman–Crippen MR) is 109 cm³/mol. The summed E-state index contributed by atoms with van der Waals surface area (Å²) in [6.45, 7) is 6.63. The first-order chi connectivity index (χ1) is 13.2.